The highest BCUT2D eigenvalue weighted by atomic mass is 16.1. The number of carbonyl (C=O) groups is 1. The molecule has 0 aromatic carbocycles. The first kappa shape index (κ1) is 14.6. The summed E-state index contributed by atoms with van der Waals surface area (Å²) in [6, 6.07) is 3.73. The molecule has 1 aliphatic heterocycles. The van der Waals surface area contributed by atoms with Gasteiger partial charge in [0, 0.05) is 13.0 Å². The molecule has 0 saturated carbocycles. The average Bonchev–Trinajstić information content (AvgIpc) is 2.49. The standard InChI is InChI=1S/C15H20N6O/c1-9(22)12-4-3-11-13(16)19-15(20-14(11)18-12)17-10-5-7-21(2)8-6-10/h3-4,10H,5-8H2,1-2H3,(H3,16,17,18,19,20). The summed E-state index contributed by atoms with van der Waals surface area (Å²) >= 11 is 0. The molecule has 3 N–H and O–H groups in total. The molecule has 2 aromatic heterocycles. The molecule has 3 heterocycles. The summed E-state index contributed by atoms with van der Waals surface area (Å²) in [6.07, 6.45) is 2.08. The molecule has 1 fully saturated rings. The van der Waals surface area contributed by atoms with Crippen molar-refractivity contribution in [2.75, 3.05) is 31.2 Å². The monoisotopic (exact) mass is 300 g/mol. The van der Waals surface area contributed by atoms with Crippen LogP contribution in [0.1, 0.15) is 30.3 Å². The molecule has 3 rings (SSSR count). The van der Waals surface area contributed by atoms with Gasteiger partial charge < -0.3 is 16.0 Å². The zero-order valence-electron chi connectivity index (χ0n) is 12.8. The third kappa shape index (κ3) is 2.99. The number of nitrogen functional groups attached to an aromatic ring is 1. The normalized spacial score (nSPS) is 16.8. The third-order valence-electron chi connectivity index (χ3n) is 4.00. The van der Waals surface area contributed by atoms with Crippen LogP contribution in [-0.2, 0) is 0 Å². The first-order valence-electron chi connectivity index (χ1n) is 7.43. The Balaban J connectivity index is 1.88. The highest BCUT2D eigenvalue weighted by Gasteiger charge is 2.18. The van der Waals surface area contributed by atoms with Crippen molar-refractivity contribution in [2.45, 2.75) is 25.8 Å². The van der Waals surface area contributed by atoms with E-state index in [1.807, 2.05) is 0 Å². The van der Waals surface area contributed by atoms with Crippen molar-refractivity contribution >= 4 is 28.6 Å². The highest BCUT2D eigenvalue weighted by molar-refractivity contribution is 5.95. The molecule has 0 spiro atoms. The van der Waals surface area contributed by atoms with Gasteiger partial charge in [-0.3, -0.25) is 4.79 Å². The number of nitrogens with two attached hydrogens (primary N) is 1. The lowest BCUT2D eigenvalue weighted by Gasteiger charge is -2.29. The Hall–Kier alpha value is -2.28. The van der Waals surface area contributed by atoms with Crippen LogP contribution in [0.5, 0.6) is 0 Å². The second-order valence-corrected chi connectivity index (χ2v) is 5.78. The predicted molar refractivity (Wildman–Crippen MR) is 85.9 cm³/mol. The molecule has 0 amide bonds. The van der Waals surface area contributed by atoms with E-state index in [2.05, 4.69) is 32.2 Å². The largest absolute Gasteiger partial charge is 0.383 e. The van der Waals surface area contributed by atoms with E-state index in [9.17, 15) is 4.79 Å². The lowest BCUT2D eigenvalue weighted by atomic mass is 10.1. The van der Waals surface area contributed by atoms with Gasteiger partial charge in [0.1, 0.15) is 11.5 Å². The number of Topliss-reactive ketones (excluding diaryl/α,β-unsaturated/α-hetero) is 1. The molecule has 1 saturated heterocycles. The van der Waals surface area contributed by atoms with E-state index in [0.717, 1.165) is 25.9 Å². The van der Waals surface area contributed by atoms with Crippen LogP contribution in [0.3, 0.4) is 0 Å². The molecule has 2 aromatic rings. The van der Waals surface area contributed by atoms with Gasteiger partial charge in [0.15, 0.2) is 11.4 Å². The Bertz CT molecular complexity index is 708. The molecule has 0 bridgehead atoms. The number of pyridine rings is 1. The molecule has 0 unspecified atom stereocenters. The number of likely N-dealkylation sites (tertiary alicyclic amines) is 1. The molecular weight excluding hydrogens is 280 g/mol. The fourth-order valence-electron chi connectivity index (χ4n) is 2.63. The van der Waals surface area contributed by atoms with Crippen molar-refractivity contribution in [2.24, 2.45) is 0 Å². The number of piperidine rings is 1. The van der Waals surface area contributed by atoms with E-state index in [4.69, 9.17) is 5.73 Å². The number of nitrogens with one attached hydrogen (secondary N) is 1. The topological polar surface area (TPSA) is 97.0 Å². The van der Waals surface area contributed by atoms with Gasteiger partial charge in [-0.2, -0.15) is 9.97 Å². The number of anilines is 2. The molecule has 1 aliphatic rings. The van der Waals surface area contributed by atoms with Crippen LogP contribution in [0.15, 0.2) is 12.1 Å². The molecule has 0 atom stereocenters. The highest BCUT2D eigenvalue weighted by Crippen LogP contribution is 2.20. The van der Waals surface area contributed by atoms with Crippen LogP contribution >= 0.6 is 0 Å². The molecule has 7 nitrogen and oxygen atoms in total. The minimum atomic E-state index is -0.0936. The first-order chi connectivity index (χ1) is 10.5. The number of nitrogens with zero attached hydrogens (tertiary/aromatic N) is 4. The summed E-state index contributed by atoms with van der Waals surface area (Å²) in [5.74, 6) is 0.764. The summed E-state index contributed by atoms with van der Waals surface area (Å²) in [6.45, 7) is 3.58. The Morgan fingerprint density at radius 1 is 1.27 bits per heavy atom. The Morgan fingerprint density at radius 2 is 2.00 bits per heavy atom. The molecule has 116 valence electrons. The van der Waals surface area contributed by atoms with E-state index in [1.165, 1.54) is 6.92 Å². The van der Waals surface area contributed by atoms with Crippen molar-refractivity contribution in [1.82, 2.24) is 19.9 Å². The van der Waals surface area contributed by atoms with Gasteiger partial charge in [-0.15, -0.1) is 0 Å². The fraction of sp³-hybridized carbons (Fsp3) is 0.467. The van der Waals surface area contributed by atoms with Crippen molar-refractivity contribution < 1.29 is 4.79 Å². The predicted octanol–water partition coefficient (Wildman–Crippen LogP) is 1.32. The summed E-state index contributed by atoms with van der Waals surface area (Å²) < 4.78 is 0. The lowest BCUT2D eigenvalue weighted by molar-refractivity contribution is 0.101. The lowest BCUT2D eigenvalue weighted by Crippen LogP contribution is -2.37. The number of aromatic nitrogens is 3. The van der Waals surface area contributed by atoms with Gasteiger partial charge >= 0.3 is 0 Å². The van der Waals surface area contributed by atoms with Crippen LogP contribution in [0.25, 0.3) is 11.0 Å². The zero-order valence-corrected chi connectivity index (χ0v) is 12.8. The van der Waals surface area contributed by atoms with Crippen LogP contribution in [0.2, 0.25) is 0 Å². The maximum absolute atomic E-state index is 11.4. The summed E-state index contributed by atoms with van der Waals surface area (Å²) in [5, 5.41) is 3.99. The van der Waals surface area contributed by atoms with Gasteiger partial charge in [-0.1, -0.05) is 0 Å². The fourth-order valence-corrected chi connectivity index (χ4v) is 2.63. The van der Waals surface area contributed by atoms with E-state index < -0.39 is 0 Å². The van der Waals surface area contributed by atoms with E-state index in [1.54, 1.807) is 12.1 Å². The van der Waals surface area contributed by atoms with Crippen LogP contribution in [0, 0.1) is 0 Å². The number of rotatable bonds is 3. The van der Waals surface area contributed by atoms with Crippen molar-refractivity contribution in [1.29, 1.82) is 0 Å². The van der Waals surface area contributed by atoms with Crippen LogP contribution < -0.4 is 11.1 Å². The van der Waals surface area contributed by atoms with Crippen molar-refractivity contribution in [3.8, 4) is 0 Å². The minimum Gasteiger partial charge on any atom is -0.383 e. The van der Waals surface area contributed by atoms with Gasteiger partial charge in [-0.05, 0) is 45.1 Å². The second kappa shape index (κ2) is 5.84. The van der Waals surface area contributed by atoms with Gasteiger partial charge in [0.25, 0.3) is 0 Å². The van der Waals surface area contributed by atoms with Gasteiger partial charge in [0.05, 0.1) is 5.39 Å². The Kier molecular flexibility index (Phi) is 3.89. The maximum Gasteiger partial charge on any atom is 0.226 e. The third-order valence-corrected chi connectivity index (χ3v) is 4.00. The van der Waals surface area contributed by atoms with Gasteiger partial charge in [0.2, 0.25) is 5.95 Å². The Morgan fingerprint density at radius 3 is 2.68 bits per heavy atom. The molecule has 22 heavy (non-hydrogen) atoms. The summed E-state index contributed by atoms with van der Waals surface area (Å²) in [4.78, 5) is 26.7. The second-order valence-electron chi connectivity index (χ2n) is 5.78. The SMILES string of the molecule is CC(=O)c1ccc2c(N)nc(NC3CCN(C)CC3)nc2n1. The molecule has 7 heteroatoms. The van der Waals surface area contributed by atoms with Crippen LogP contribution in [0.4, 0.5) is 11.8 Å². The van der Waals surface area contributed by atoms with Gasteiger partial charge in [-0.25, -0.2) is 4.98 Å². The van der Waals surface area contributed by atoms with E-state index >= 15 is 0 Å². The molecule has 0 aliphatic carbocycles. The Labute approximate surface area is 128 Å². The van der Waals surface area contributed by atoms with Crippen molar-refractivity contribution in [3.05, 3.63) is 17.8 Å². The number of carbonyl (C=O) groups excluding carboxylic acids is 1. The summed E-state index contributed by atoms with van der Waals surface area (Å²) in [5.41, 5.74) is 6.83. The maximum atomic E-state index is 11.4. The first-order valence-corrected chi connectivity index (χ1v) is 7.43. The van der Waals surface area contributed by atoms with Crippen LogP contribution in [-0.4, -0.2) is 51.8 Å². The van der Waals surface area contributed by atoms with E-state index in [-0.39, 0.29) is 5.78 Å². The zero-order chi connectivity index (χ0) is 15.7. The summed E-state index contributed by atoms with van der Waals surface area (Å²) in [7, 11) is 2.12. The van der Waals surface area contributed by atoms with E-state index in [0.29, 0.717) is 34.5 Å². The quantitative estimate of drug-likeness (QED) is 0.825. The average molecular weight is 300 g/mol. The molecular formula is C15H20N6O. The number of fused-ring (bicyclic) bond motifs is 1. The number of ketones is 1. The number of hydrogen-bond acceptors (Lipinski definition) is 7. The number of hydrogen-bond donors (Lipinski definition) is 2. The van der Waals surface area contributed by atoms with Crippen molar-refractivity contribution in [3.63, 3.8) is 0 Å². The molecule has 0 radical (unpaired) electrons. The smallest absolute Gasteiger partial charge is 0.226 e. The minimum absolute atomic E-state index is 0.0936.